The summed E-state index contributed by atoms with van der Waals surface area (Å²) >= 11 is 20.3. The van der Waals surface area contributed by atoms with Crippen LogP contribution in [-0.2, 0) is 43.5 Å². The standard InChI is InChI=1S/C39H24Br6N3O7P.2Zn/c40-22-1-10-28(11-2-22)46-37(49)31-19-25(43)7-16-34(31)53-56(52,54-35-17-8-26(44)20-32(35)38(50)47-29-12-3-23(41)4-13-29)55-36-18-9-27(45)21-33(36)39(51)48-30-14-5-24(42)6-15-30;;/h1-21H,(H,46,49)(H,47,50)(H,48,51);;. The maximum Gasteiger partial charge on any atom is 0.647 e. The number of halogens is 6. The molecular weight excluding hydrogens is 1260 g/mol. The first kappa shape index (κ1) is 48.2. The van der Waals surface area contributed by atoms with Crippen molar-refractivity contribution in [2.24, 2.45) is 0 Å². The molecule has 0 aromatic heterocycles. The van der Waals surface area contributed by atoms with E-state index >= 15 is 4.57 Å². The van der Waals surface area contributed by atoms with Crippen LogP contribution in [-0.4, -0.2) is 17.7 Å². The van der Waals surface area contributed by atoms with Gasteiger partial charge in [0.25, 0.3) is 17.7 Å². The van der Waals surface area contributed by atoms with E-state index in [4.69, 9.17) is 13.6 Å². The van der Waals surface area contributed by atoms with Crippen LogP contribution in [0.5, 0.6) is 17.2 Å². The summed E-state index contributed by atoms with van der Waals surface area (Å²) in [6.07, 6.45) is 0. The van der Waals surface area contributed by atoms with Crippen molar-refractivity contribution in [3.05, 3.63) is 171 Å². The molecule has 19 heteroatoms. The molecule has 0 aliphatic carbocycles. The van der Waals surface area contributed by atoms with Crippen LogP contribution in [0.1, 0.15) is 31.1 Å². The third-order valence-corrected chi connectivity index (χ3v) is 11.8. The molecule has 3 amide bonds. The van der Waals surface area contributed by atoms with Gasteiger partial charge in [-0.1, -0.05) is 95.6 Å². The van der Waals surface area contributed by atoms with E-state index in [1.165, 1.54) is 36.4 Å². The second-order valence-electron chi connectivity index (χ2n) is 11.5. The fraction of sp³-hybridized carbons (Fsp3) is 0. The van der Waals surface area contributed by atoms with Crippen molar-refractivity contribution in [3.63, 3.8) is 0 Å². The average molecular weight is 1290 g/mol. The number of phosphoric ester groups is 1. The smallest absolute Gasteiger partial charge is 0.385 e. The molecule has 6 aromatic rings. The molecular formula is C39H24Br6N3O7PZn2. The molecule has 288 valence electrons. The van der Waals surface area contributed by atoms with E-state index in [9.17, 15) is 14.4 Å². The fourth-order valence-electron chi connectivity index (χ4n) is 4.89. The van der Waals surface area contributed by atoms with E-state index in [2.05, 4.69) is 112 Å². The third kappa shape index (κ3) is 13.2. The van der Waals surface area contributed by atoms with Gasteiger partial charge in [-0.25, -0.2) is 0 Å². The number of hydrogen-bond donors (Lipinski definition) is 3. The summed E-state index contributed by atoms with van der Waals surface area (Å²) in [6, 6.07) is 34.1. The van der Waals surface area contributed by atoms with Gasteiger partial charge in [0.2, 0.25) is 0 Å². The Bertz CT molecular complexity index is 2230. The van der Waals surface area contributed by atoms with E-state index in [-0.39, 0.29) is 72.9 Å². The summed E-state index contributed by atoms with van der Waals surface area (Å²) in [4.78, 5) is 41.1. The van der Waals surface area contributed by atoms with Crippen molar-refractivity contribution in [2.45, 2.75) is 0 Å². The Morgan fingerprint density at radius 3 is 0.845 bits per heavy atom. The summed E-state index contributed by atoms with van der Waals surface area (Å²) in [5, 5.41) is 8.39. The van der Waals surface area contributed by atoms with Crippen molar-refractivity contribution in [1.82, 2.24) is 0 Å². The maximum absolute atomic E-state index is 15.2. The van der Waals surface area contributed by atoms with E-state index in [0.29, 0.717) is 30.5 Å². The Hall–Kier alpha value is -2.51. The van der Waals surface area contributed by atoms with Crippen LogP contribution >= 0.6 is 103 Å². The molecule has 0 fully saturated rings. The molecule has 0 unspecified atom stereocenters. The van der Waals surface area contributed by atoms with Gasteiger partial charge in [-0.15, -0.1) is 0 Å². The minimum atomic E-state index is -5.00. The fourth-order valence-corrected chi connectivity index (χ4v) is 8.08. The zero-order valence-electron chi connectivity index (χ0n) is 29.6. The van der Waals surface area contributed by atoms with Crippen LogP contribution in [0.2, 0.25) is 0 Å². The first-order valence-corrected chi connectivity index (χ1v) is 22.2. The number of benzene rings is 6. The van der Waals surface area contributed by atoms with E-state index < -0.39 is 25.5 Å². The molecule has 6 aromatic carbocycles. The summed E-state index contributed by atoms with van der Waals surface area (Å²) in [5.74, 6) is -2.39. The van der Waals surface area contributed by atoms with Crippen LogP contribution in [0, 0.1) is 0 Å². The molecule has 10 nitrogen and oxygen atoms in total. The molecule has 6 rings (SSSR count). The molecule has 0 bridgehead atoms. The first-order valence-electron chi connectivity index (χ1n) is 16.0. The van der Waals surface area contributed by atoms with Crippen LogP contribution < -0.4 is 29.5 Å². The van der Waals surface area contributed by atoms with E-state index in [1.807, 2.05) is 0 Å². The predicted octanol–water partition coefficient (Wildman–Crippen LogP) is 13.7. The Labute approximate surface area is 409 Å². The molecule has 0 heterocycles. The molecule has 0 aliphatic rings. The molecule has 0 atom stereocenters. The molecule has 0 aliphatic heterocycles. The molecule has 0 spiro atoms. The summed E-state index contributed by atoms with van der Waals surface area (Å²) in [7, 11) is -5.00. The number of phosphoric acid groups is 1. The summed E-state index contributed by atoms with van der Waals surface area (Å²) in [5.41, 5.74) is 1.32. The number of amides is 3. The second-order valence-corrected chi connectivity index (χ2v) is 18.5. The number of carbonyl (C=O) groups is 3. The Morgan fingerprint density at radius 2 is 0.603 bits per heavy atom. The minimum Gasteiger partial charge on any atom is -0.385 e. The minimum absolute atomic E-state index is 0. The van der Waals surface area contributed by atoms with Crippen LogP contribution in [0.3, 0.4) is 0 Å². The van der Waals surface area contributed by atoms with Gasteiger partial charge in [0.05, 0.1) is 16.7 Å². The number of anilines is 3. The van der Waals surface area contributed by atoms with Crippen molar-refractivity contribution >= 4 is 138 Å². The Kier molecular flexibility index (Phi) is 18.1. The van der Waals surface area contributed by atoms with Gasteiger partial charge >= 0.3 is 7.82 Å². The van der Waals surface area contributed by atoms with Crippen molar-refractivity contribution in [1.29, 1.82) is 0 Å². The monoisotopic (exact) mass is 1280 g/mol. The number of carbonyl (C=O) groups excluding carboxylic acids is 3. The van der Waals surface area contributed by atoms with Gasteiger partial charge in [0.1, 0.15) is 17.2 Å². The molecule has 0 saturated heterocycles. The molecule has 3 N–H and O–H groups in total. The second kappa shape index (κ2) is 21.8. The zero-order valence-corrected chi connectivity index (χ0v) is 46.0. The molecule has 0 radical (unpaired) electrons. The summed E-state index contributed by atoms with van der Waals surface area (Å²) in [6.45, 7) is 0. The van der Waals surface area contributed by atoms with Crippen LogP contribution in [0.15, 0.2) is 154 Å². The van der Waals surface area contributed by atoms with E-state index in [0.717, 1.165) is 13.4 Å². The average Bonchev–Trinajstić information content (AvgIpc) is 3.16. The number of nitrogens with one attached hydrogen (secondary N) is 3. The van der Waals surface area contributed by atoms with Gasteiger partial charge in [-0.2, -0.15) is 4.57 Å². The van der Waals surface area contributed by atoms with Crippen molar-refractivity contribution < 1.29 is 71.5 Å². The third-order valence-electron chi connectivity index (χ3n) is 7.50. The van der Waals surface area contributed by atoms with Crippen molar-refractivity contribution in [3.8, 4) is 17.2 Å². The van der Waals surface area contributed by atoms with Crippen LogP contribution in [0.25, 0.3) is 0 Å². The summed E-state index contributed by atoms with van der Waals surface area (Å²) < 4.78 is 37.4. The van der Waals surface area contributed by atoms with Crippen molar-refractivity contribution in [2.75, 3.05) is 16.0 Å². The zero-order chi connectivity index (χ0) is 40.0. The molecule has 58 heavy (non-hydrogen) atoms. The van der Waals surface area contributed by atoms with E-state index in [1.54, 1.807) is 91.0 Å². The Balaban J connectivity index is 0.00000372. The van der Waals surface area contributed by atoms with Crippen LogP contribution in [0.4, 0.5) is 17.1 Å². The molecule has 0 saturated carbocycles. The quantitative estimate of drug-likeness (QED) is 0.0821. The Morgan fingerprint density at radius 1 is 0.379 bits per heavy atom. The number of hydrogen-bond acceptors (Lipinski definition) is 7. The van der Waals surface area contributed by atoms with Gasteiger partial charge in [0.15, 0.2) is 0 Å². The van der Waals surface area contributed by atoms with Gasteiger partial charge < -0.3 is 29.5 Å². The first-order chi connectivity index (χ1) is 26.7. The number of rotatable bonds is 12. The topological polar surface area (TPSA) is 132 Å². The SMILES string of the molecule is O=C(Nc1ccc(Br)cc1)c1cc(Br)ccc1OP(=O)(Oc1ccc(Br)cc1C(=O)Nc1ccc(Br)cc1)Oc1ccc(Br)cc1C(=O)Nc1ccc(Br)cc1.[Zn].[Zn]. The maximum atomic E-state index is 15.2. The van der Waals surface area contributed by atoms with Gasteiger partial charge in [0, 0.05) is 82.9 Å². The predicted molar refractivity (Wildman–Crippen MR) is 238 cm³/mol. The van der Waals surface area contributed by atoms with Gasteiger partial charge in [-0.3, -0.25) is 14.4 Å². The largest absolute Gasteiger partial charge is 0.647 e. The van der Waals surface area contributed by atoms with Gasteiger partial charge in [-0.05, 0) is 127 Å². The normalized spacial score (nSPS) is 10.6.